The molecule has 3 heteroatoms. The Kier molecular flexibility index (Phi) is 6.82. The zero-order valence-electron chi connectivity index (χ0n) is 26.6. The molecule has 2 heterocycles. The van der Waals surface area contributed by atoms with Crippen molar-refractivity contribution >= 4 is 55.4 Å². The van der Waals surface area contributed by atoms with Crippen LogP contribution in [0, 0.1) is 0 Å². The molecule has 232 valence electrons. The van der Waals surface area contributed by atoms with Crippen molar-refractivity contribution in [3.63, 3.8) is 0 Å². The number of ether oxygens (including phenoxy) is 1. The summed E-state index contributed by atoms with van der Waals surface area (Å²) in [5.41, 5.74) is 7.28. The summed E-state index contributed by atoms with van der Waals surface area (Å²) in [6.07, 6.45) is 9.94. The second kappa shape index (κ2) is 11.7. The Morgan fingerprint density at radius 3 is 2.04 bits per heavy atom. The Labute approximate surface area is 293 Å². The molecule has 0 radical (unpaired) electrons. The van der Waals surface area contributed by atoms with E-state index in [4.69, 9.17) is 4.74 Å². The molecule has 0 N–H and O–H groups in total. The fraction of sp³-hybridized carbons (Fsp3) is 0.0435. The summed E-state index contributed by atoms with van der Waals surface area (Å²) in [7, 11) is 0. The Bertz CT molecular complexity index is 2620. The zero-order valence-corrected chi connectivity index (χ0v) is 28.2. The lowest BCUT2D eigenvalue weighted by molar-refractivity contribution is 0.456. The van der Waals surface area contributed by atoms with Gasteiger partial charge in [0.25, 0.3) is 0 Å². The van der Waals surface area contributed by atoms with E-state index >= 15 is 0 Å². The smallest absolute Gasteiger partial charge is 0.149 e. The van der Waals surface area contributed by atoms with E-state index in [-0.39, 0.29) is 0 Å². The van der Waals surface area contributed by atoms with Gasteiger partial charge in [-0.15, -0.1) is 11.3 Å². The van der Waals surface area contributed by atoms with Gasteiger partial charge in [-0.2, -0.15) is 0 Å². The molecule has 2 aliphatic rings. The highest BCUT2D eigenvalue weighted by atomic mass is 32.2. The fourth-order valence-electron chi connectivity index (χ4n) is 7.53. The zero-order chi connectivity index (χ0) is 32.3. The molecule has 0 fully saturated rings. The molecule has 8 aromatic rings. The quantitative estimate of drug-likeness (QED) is 0.173. The van der Waals surface area contributed by atoms with Crippen LogP contribution in [0.1, 0.15) is 17.9 Å². The van der Waals surface area contributed by atoms with E-state index in [2.05, 4.69) is 157 Å². The molecule has 0 amide bonds. The first-order valence-electron chi connectivity index (χ1n) is 16.8. The highest BCUT2D eigenvalue weighted by Crippen LogP contribution is 2.52. The van der Waals surface area contributed by atoms with Crippen molar-refractivity contribution in [1.29, 1.82) is 0 Å². The van der Waals surface area contributed by atoms with E-state index < -0.39 is 0 Å². The SMILES string of the molecule is C1=CCC(c2csc(-c3ccc(-c4ccc5c6ccccc6c6ccccc6c5c4)c(-c4cccc5c4Oc4ccccc4S5)c3)c2)C=C1. The maximum Gasteiger partial charge on any atom is 0.149 e. The summed E-state index contributed by atoms with van der Waals surface area (Å²) >= 11 is 3.61. The van der Waals surface area contributed by atoms with Crippen molar-refractivity contribution in [2.45, 2.75) is 22.1 Å². The van der Waals surface area contributed by atoms with Crippen molar-refractivity contribution in [1.82, 2.24) is 0 Å². The minimum absolute atomic E-state index is 0.434. The second-order valence-electron chi connectivity index (χ2n) is 12.8. The summed E-state index contributed by atoms with van der Waals surface area (Å²) < 4.78 is 6.73. The van der Waals surface area contributed by atoms with Crippen molar-refractivity contribution in [3.8, 4) is 44.2 Å². The van der Waals surface area contributed by atoms with E-state index in [0.717, 1.165) is 33.3 Å². The third-order valence-corrected chi connectivity index (χ3v) is 12.0. The number of thiophene rings is 1. The molecule has 0 saturated heterocycles. The predicted molar refractivity (Wildman–Crippen MR) is 209 cm³/mol. The molecular formula is C46H30OS2. The summed E-state index contributed by atoms with van der Waals surface area (Å²) in [6, 6.07) is 48.9. The minimum Gasteiger partial charge on any atom is -0.454 e. The topological polar surface area (TPSA) is 9.23 Å². The van der Waals surface area contributed by atoms with Crippen LogP contribution in [0.5, 0.6) is 11.5 Å². The first-order chi connectivity index (χ1) is 24.3. The van der Waals surface area contributed by atoms with Crippen molar-refractivity contribution in [3.05, 3.63) is 169 Å². The van der Waals surface area contributed by atoms with Crippen LogP contribution in [0.4, 0.5) is 0 Å². The molecule has 10 rings (SSSR count). The number of hydrogen-bond acceptors (Lipinski definition) is 3. The number of allylic oxidation sites excluding steroid dienone is 4. The molecule has 1 nitrogen and oxygen atoms in total. The first-order valence-corrected chi connectivity index (χ1v) is 18.5. The number of para-hydroxylation sites is 2. The molecule has 0 saturated carbocycles. The molecule has 1 atom stereocenters. The van der Waals surface area contributed by atoms with E-state index in [1.54, 1.807) is 11.8 Å². The molecule has 0 bridgehead atoms. The molecule has 0 spiro atoms. The number of benzene rings is 7. The van der Waals surface area contributed by atoms with Gasteiger partial charge in [0, 0.05) is 16.4 Å². The van der Waals surface area contributed by atoms with Crippen molar-refractivity contribution in [2.24, 2.45) is 0 Å². The van der Waals surface area contributed by atoms with E-state index in [1.807, 2.05) is 17.4 Å². The van der Waals surface area contributed by atoms with Gasteiger partial charge < -0.3 is 4.74 Å². The summed E-state index contributed by atoms with van der Waals surface area (Å²) in [4.78, 5) is 3.57. The Hall–Kier alpha value is -5.35. The van der Waals surface area contributed by atoms with Gasteiger partial charge >= 0.3 is 0 Å². The van der Waals surface area contributed by atoms with E-state index in [0.29, 0.717) is 5.92 Å². The van der Waals surface area contributed by atoms with Crippen LogP contribution in [0.3, 0.4) is 0 Å². The number of rotatable bonds is 4. The molecule has 1 aromatic heterocycles. The first kappa shape index (κ1) is 28.6. The number of hydrogen-bond donors (Lipinski definition) is 0. The van der Waals surface area contributed by atoms with Crippen molar-refractivity contribution < 1.29 is 4.74 Å². The molecule has 1 aliphatic heterocycles. The third kappa shape index (κ3) is 4.84. The lowest BCUT2D eigenvalue weighted by Crippen LogP contribution is -1.98. The van der Waals surface area contributed by atoms with Gasteiger partial charge in [-0.3, -0.25) is 0 Å². The minimum atomic E-state index is 0.434. The molecule has 1 aliphatic carbocycles. The van der Waals surface area contributed by atoms with Gasteiger partial charge in [0.2, 0.25) is 0 Å². The third-order valence-electron chi connectivity index (χ3n) is 9.94. The van der Waals surface area contributed by atoms with Gasteiger partial charge in [-0.1, -0.05) is 133 Å². The van der Waals surface area contributed by atoms with Crippen molar-refractivity contribution in [2.75, 3.05) is 0 Å². The lowest BCUT2D eigenvalue weighted by atomic mass is 9.88. The Balaban J connectivity index is 1.18. The summed E-state index contributed by atoms with van der Waals surface area (Å²) in [5.74, 6) is 2.27. The number of fused-ring (bicyclic) bond motifs is 8. The van der Waals surface area contributed by atoms with Gasteiger partial charge in [0.15, 0.2) is 0 Å². The van der Waals surface area contributed by atoms with Gasteiger partial charge in [0.1, 0.15) is 11.5 Å². The average Bonchev–Trinajstić information content (AvgIpc) is 3.68. The Morgan fingerprint density at radius 1 is 0.531 bits per heavy atom. The van der Waals surface area contributed by atoms with Crippen LogP contribution in [0.2, 0.25) is 0 Å². The normalized spacial score (nSPS) is 15.0. The van der Waals surface area contributed by atoms with Gasteiger partial charge in [-0.05, 0) is 108 Å². The van der Waals surface area contributed by atoms with Crippen LogP contribution in [-0.4, -0.2) is 0 Å². The van der Waals surface area contributed by atoms with E-state index in [9.17, 15) is 0 Å². The fourth-order valence-corrected chi connectivity index (χ4v) is 9.49. The van der Waals surface area contributed by atoms with Gasteiger partial charge in [-0.25, -0.2) is 0 Å². The van der Waals surface area contributed by atoms with Gasteiger partial charge in [0.05, 0.1) is 9.79 Å². The average molecular weight is 663 g/mol. The maximum atomic E-state index is 6.73. The Morgan fingerprint density at radius 2 is 1.24 bits per heavy atom. The largest absolute Gasteiger partial charge is 0.454 e. The van der Waals surface area contributed by atoms with Crippen LogP contribution < -0.4 is 4.74 Å². The standard InChI is InChI=1S/C46H30OS2/c1-2-11-29(12-3-1)32-27-45(48-28-32)31-22-23-33(40(26-31)39-17-10-20-44-46(39)47-42-18-8-9-19-43(42)49-44)30-21-24-38-36-15-5-4-13-34(36)35-14-6-7-16-37(35)41(38)25-30/h1-11,13-29H,12H2. The molecule has 49 heavy (non-hydrogen) atoms. The molecule has 1 unspecified atom stereocenters. The highest BCUT2D eigenvalue weighted by Gasteiger charge is 2.24. The monoisotopic (exact) mass is 662 g/mol. The van der Waals surface area contributed by atoms with Crippen LogP contribution in [0.15, 0.2) is 173 Å². The molecule has 7 aromatic carbocycles. The summed E-state index contributed by atoms with van der Waals surface area (Å²) in [5, 5.41) is 10.0. The predicted octanol–water partition coefficient (Wildman–Crippen LogP) is 14.1. The summed E-state index contributed by atoms with van der Waals surface area (Å²) in [6.45, 7) is 0. The second-order valence-corrected chi connectivity index (χ2v) is 14.8. The van der Waals surface area contributed by atoms with Crippen LogP contribution in [0.25, 0.3) is 65.0 Å². The van der Waals surface area contributed by atoms with E-state index in [1.165, 1.54) is 65.0 Å². The highest BCUT2D eigenvalue weighted by molar-refractivity contribution is 7.99. The van der Waals surface area contributed by atoms with Crippen LogP contribution >= 0.6 is 23.1 Å². The molecular weight excluding hydrogens is 633 g/mol. The van der Waals surface area contributed by atoms with Crippen LogP contribution in [-0.2, 0) is 0 Å². The maximum absolute atomic E-state index is 6.73. The lowest BCUT2D eigenvalue weighted by Gasteiger charge is -2.23.